The lowest BCUT2D eigenvalue weighted by molar-refractivity contribution is -0.137. The number of carbonyl (C=O) groups excluding carboxylic acids is 3. The molecule has 2 N–H and O–H groups in total. The maximum absolute atomic E-state index is 15.0. The highest BCUT2D eigenvalue weighted by atomic mass is 35.5. The molecule has 3 amide bonds. The summed E-state index contributed by atoms with van der Waals surface area (Å²) in [6, 6.07) is 18.7. The maximum atomic E-state index is 15.0. The monoisotopic (exact) mass is 537 g/mol. The third-order valence-electron chi connectivity index (χ3n) is 6.35. The molecule has 1 atom stereocenters. The second-order valence-electron chi connectivity index (χ2n) is 9.04. The van der Waals surface area contributed by atoms with Gasteiger partial charge in [0.05, 0.1) is 24.6 Å². The van der Waals surface area contributed by atoms with Crippen LogP contribution in [-0.4, -0.2) is 55.4 Å². The Kier molecular flexibility index (Phi) is 8.97. The molecule has 1 aliphatic rings. The molecular formula is C29H29ClFN3O4. The molecule has 3 aromatic rings. The first-order chi connectivity index (χ1) is 18.3. The highest BCUT2D eigenvalue weighted by Gasteiger charge is 2.25. The molecule has 0 bridgehead atoms. The van der Waals surface area contributed by atoms with Gasteiger partial charge in [-0.3, -0.25) is 14.4 Å². The van der Waals surface area contributed by atoms with Crippen LogP contribution in [0.1, 0.15) is 35.2 Å². The van der Waals surface area contributed by atoms with Crippen LogP contribution in [0.15, 0.2) is 66.7 Å². The Hall–Kier alpha value is -3.91. The van der Waals surface area contributed by atoms with Gasteiger partial charge in [0.2, 0.25) is 11.8 Å². The van der Waals surface area contributed by atoms with Crippen LogP contribution in [-0.2, 0) is 9.59 Å². The molecule has 0 saturated carbocycles. The highest BCUT2D eigenvalue weighted by Crippen LogP contribution is 2.27. The second kappa shape index (κ2) is 12.6. The molecule has 1 heterocycles. The molecule has 0 aliphatic carbocycles. The zero-order valence-corrected chi connectivity index (χ0v) is 21.8. The largest absolute Gasteiger partial charge is 0.491 e. The number of nitrogens with zero attached hydrogens (tertiary/aromatic N) is 1. The first-order valence-electron chi connectivity index (χ1n) is 12.4. The average Bonchev–Trinajstić information content (AvgIpc) is 2.92. The van der Waals surface area contributed by atoms with E-state index >= 15 is 0 Å². The number of benzene rings is 3. The van der Waals surface area contributed by atoms with Gasteiger partial charge in [-0.2, -0.15) is 0 Å². The summed E-state index contributed by atoms with van der Waals surface area (Å²) in [5.41, 5.74) is 2.01. The number of hydrogen-bond donors (Lipinski definition) is 2. The van der Waals surface area contributed by atoms with E-state index in [2.05, 4.69) is 10.6 Å². The summed E-state index contributed by atoms with van der Waals surface area (Å²) >= 11 is 6.06. The van der Waals surface area contributed by atoms with Crippen molar-refractivity contribution in [2.45, 2.75) is 19.3 Å². The van der Waals surface area contributed by atoms with E-state index in [1.54, 1.807) is 31.2 Å². The number of nitrogens with one attached hydrogen (secondary N) is 2. The van der Waals surface area contributed by atoms with E-state index in [1.807, 2.05) is 30.3 Å². The van der Waals surface area contributed by atoms with E-state index in [0.29, 0.717) is 33.9 Å². The molecule has 0 saturated heterocycles. The molecule has 9 heteroatoms. The fourth-order valence-corrected chi connectivity index (χ4v) is 4.46. The fraction of sp³-hybridized carbons (Fsp3) is 0.276. The number of fused-ring (bicyclic) bond motifs is 1. The minimum absolute atomic E-state index is 0.130. The molecule has 198 valence electrons. The van der Waals surface area contributed by atoms with Crippen LogP contribution in [0.3, 0.4) is 0 Å². The zero-order chi connectivity index (χ0) is 27.1. The summed E-state index contributed by atoms with van der Waals surface area (Å²) in [5, 5.41) is 5.96. The summed E-state index contributed by atoms with van der Waals surface area (Å²) in [7, 11) is 0. The number of rotatable bonds is 3. The van der Waals surface area contributed by atoms with Crippen LogP contribution in [0.2, 0.25) is 5.02 Å². The van der Waals surface area contributed by atoms with E-state index in [0.717, 1.165) is 5.56 Å². The van der Waals surface area contributed by atoms with Gasteiger partial charge in [-0.05, 0) is 48.7 Å². The van der Waals surface area contributed by atoms with Crippen molar-refractivity contribution in [2.24, 2.45) is 0 Å². The van der Waals surface area contributed by atoms with Gasteiger partial charge in [-0.1, -0.05) is 54.1 Å². The summed E-state index contributed by atoms with van der Waals surface area (Å²) in [6.45, 7) is 2.36. The predicted octanol–water partition coefficient (Wildman–Crippen LogP) is 4.41. The van der Waals surface area contributed by atoms with Crippen molar-refractivity contribution in [1.29, 1.82) is 0 Å². The Labute approximate surface area is 225 Å². The van der Waals surface area contributed by atoms with Crippen molar-refractivity contribution in [2.75, 3.05) is 32.8 Å². The van der Waals surface area contributed by atoms with Gasteiger partial charge in [-0.25, -0.2) is 4.39 Å². The van der Waals surface area contributed by atoms with Gasteiger partial charge in [0.15, 0.2) is 0 Å². The molecule has 38 heavy (non-hydrogen) atoms. The molecule has 1 aliphatic heterocycles. The van der Waals surface area contributed by atoms with E-state index < -0.39 is 11.7 Å². The minimum Gasteiger partial charge on any atom is -0.491 e. The maximum Gasteiger partial charge on any atom is 0.255 e. The minimum atomic E-state index is -0.673. The Bertz CT molecular complexity index is 1320. The summed E-state index contributed by atoms with van der Waals surface area (Å²) in [5.74, 6) is -1.71. The summed E-state index contributed by atoms with van der Waals surface area (Å²) < 4.78 is 20.6. The molecule has 3 aromatic carbocycles. The highest BCUT2D eigenvalue weighted by molar-refractivity contribution is 6.31. The van der Waals surface area contributed by atoms with Crippen molar-refractivity contribution in [3.05, 3.63) is 88.7 Å². The molecule has 0 aromatic heterocycles. The molecule has 1 unspecified atom stereocenters. The van der Waals surface area contributed by atoms with E-state index in [1.165, 1.54) is 17.0 Å². The lowest BCUT2D eigenvalue weighted by Gasteiger charge is -2.26. The standard InChI is InChI=1S/C29H29ClFN3O4/c1-19(21-8-10-23(25(31)16-21)20-6-3-2-4-7-20)29(37)34-14-5-12-33-28(36)24-17-22(30)9-11-26(24)38-15-13-32-27(35)18-34/h2-4,6-11,16-17,19H,5,12-15,18H2,1H3,(H,32,35)(H,33,36). The van der Waals surface area contributed by atoms with Gasteiger partial charge >= 0.3 is 0 Å². The lowest BCUT2D eigenvalue weighted by atomic mass is 9.95. The number of ether oxygens (including phenoxy) is 1. The van der Waals surface area contributed by atoms with E-state index in [-0.39, 0.29) is 50.5 Å². The Balaban J connectivity index is 1.47. The zero-order valence-electron chi connectivity index (χ0n) is 21.0. The molecule has 0 spiro atoms. The van der Waals surface area contributed by atoms with E-state index in [9.17, 15) is 18.8 Å². The first kappa shape index (κ1) is 27.1. The Morgan fingerprint density at radius 2 is 1.79 bits per heavy atom. The van der Waals surface area contributed by atoms with E-state index in [4.69, 9.17) is 16.3 Å². The van der Waals surface area contributed by atoms with Gasteiger partial charge in [0.1, 0.15) is 18.2 Å². The normalized spacial score (nSPS) is 15.8. The topological polar surface area (TPSA) is 87.7 Å². The van der Waals surface area contributed by atoms with Crippen LogP contribution in [0.5, 0.6) is 5.75 Å². The van der Waals surface area contributed by atoms with Gasteiger partial charge in [0.25, 0.3) is 5.91 Å². The number of hydrogen-bond acceptors (Lipinski definition) is 4. The summed E-state index contributed by atoms with van der Waals surface area (Å²) in [4.78, 5) is 40.2. The molecule has 7 nitrogen and oxygen atoms in total. The summed E-state index contributed by atoms with van der Waals surface area (Å²) in [6.07, 6.45) is 0.412. The van der Waals surface area contributed by atoms with Gasteiger partial charge in [-0.15, -0.1) is 0 Å². The van der Waals surface area contributed by atoms with Crippen molar-refractivity contribution >= 4 is 29.3 Å². The van der Waals surface area contributed by atoms with Crippen molar-refractivity contribution < 1.29 is 23.5 Å². The molecule has 0 fully saturated rings. The molecule has 4 rings (SSSR count). The smallest absolute Gasteiger partial charge is 0.255 e. The van der Waals surface area contributed by atoms with Crippen molar-refractivity contribution in [3.8, 4) is 16.9 Å². The number of halogens is 2. The van der Waals surface area contributed by atoms with Crippen LogP contribution >= 0.6 is 11.6 Å². The molecular weight excluding hydrogens is 509 g/mol. The second-order valence-corrected chi connectivity index (χ2v) is 9.47. The number of carbonyl (C=O) groups is 3. The third kappa shape index (κ3) is 6.69. The van der Waals surface area contributed by atoms with Gasteiger partial charge < -0.3 is 20.3 Å². The Morgan fingerprint density at radius 3 is 2.55 bits per heavy atom. The van der Waals surface area contributed by atoms with Crippen molar-refractivity contribution in [1.82, 2.24) is 15.5 Å². The third-order valence-corrected chi connectivity index (χ3v) is 6.59. The van der Waals surface area contributed by atoms with Crippen LogP contribution in [0.4, 0.5) is 4.39 Å². The van der Waals surface area contributed by atoms with Crippen molar-refractivity contribution in [3.63, 3.8) is 0 Å². The Morgan fingerprint density at radius 1 is 1.00 bits per heavy atom. The first-order valence-corrected chi connectivity index (χ1v) is 12.8. The quantitative estimate of drug-likeness (QED) is 0.518. The lowest BCUT2D eigenvalue weighted by Crippen LogP contribution is -2.44. The van der Waals surface area contributed by atoms with Crippen LogP contribution in [0.25, 0.3) is 11.1 Å². The predicted molar refractivity (Wildman–Crippen MR) is 144 cm³/mol. The van der Waals surface area contributed by atoms with Gasteiger partial charge in [0, 0.05) is 23.7 Å². The SMILES string of the molecule is CC(C(=O)N1CCCNC(=O)c2cc(Cl)ccc2OCCNC(=O)C1)c1ccc(-c2ccccc2)c(F)c1. The fourth-order valence-electron chi connectivity index (χ4n) is 4.29. The van der Waals surface area contributed by atoms with Crippen LogP contribution in [0, 0.1) is 5.82 Å². The number of amides is 3. The average molecular weight is 538 g/mol. The van der Waals surface area contributed by atoms with Crippen LogP contribution < -0.4 is 15.4 Å². The molecule has 0 radical (unpaired) electrons.